The van der Waals surface area contributed by atoms with Crippen LogP contribution < -0.4 is 0 Å². The van der Waals surface area contributed by atoms with Crippen LogP contribution in [-0.2, 0) is 4.79 Å². The van der Waals surface area contributed by atoms with E-state index in [9.17, 15) is 9.70 Å². The lowest BCUT2D eigenvalue weighted by molar-refractivity contribution is -0.126. The molecule has 0 heterocycles. The molecule has 0 amide bonds. The molecule has 0 spiro atoms. The number of hydrogen-bond donors (Lipinski definition) is 0. The summed E-state index contributed by atoms with van der Waals surface area (Å²) in [6.07, 6.45) is 2.88. The van der Waals surface area contributed by atoms with Gasteiger partial charge in [0.15, 0.2) is 0 Å². The molecule has 0 aliphatic heterocycles. The Morgan fingerprint density at radius 2 is 1.92 bits per heavy atom. The smallest absolute Gasteiger partial charge is 0.144 e. The molecular formula is C9H14NO2. The molecule has 1 unspecified atom stereocenters. The third-order valence-corrected chi connectivity index (χ3v) is 2.57. The lowest BCUT2D eigenvalue weighted by Crippen LogP contribution is -2.40. The molecule has 1 atom stereocenters. The van der Waals surface area contributed by atoms with E-state index in [2.05, 4.69) is 5.18 Å². The van der Waals surface area contributed by atoms with Crippen molar-refractivity contribution in [2.45, 2.75) is 39.2 Å². The van der Waals surface area contributed by atoms with E-state index < -0.39 is 5.54 Å². The van der Waals surface area contributed by atoms with E-state index in [4.69, 9.17) is 0 Å². The van der Waals surface area contributed by atoms with E-state index in [1.165, 1.54) is 6.42 Å². The Hall–Kier alpha value is -0.730. The first-order valence-corrected chi connectivity index (χ1v) is 4.14. The molecule has 0 saturated heterocycles. The fourth-order valence-electron chi connectivity index (χ4n) is 1.31. The molecule has 67 valence electrons. The molecule has 0 bridgehead atoms. The van der Waals surface area contributed by atoms with Crippen molar-refractivity contribution in [3.8, 4) is 0 Å². The van der Waals surface area contributed by atoms with E-state index in [0.717, 1.165) is 6.42 Å². The monoisotopic (exact) mass is 168 g/mol. The summed E-state index contributed by atoms with van der Waals surface area (Å²) in [5.74, 6) is 0.0378. The Kier molecular flexibility index (Phi) is 2.06. The zero-order valence-electron chi connectivity index (χ0n) is 7.76. The summed E-state index contributed by atoms with van der Waals surface area (Å²) in [5, 5.41) is 2.97. The van der Waals surface area contributed by atoms with Gasteiger partial charge in [-0.2, -0.15) is 4.91 Å². The van der Waals surface area contributed by atoms with E-state index in [1.807, 2.05) is 13.8 Å². The van der Waals surface area contributed by atoms with Crippen LogP contribution >= 0.6 is 0 Å². The van der Waals surface area contributed by atoms with Gasteiger partial charge < -0.3 is 0 Å². The topological polar surface area (TPSA) is 46.5 Å². The molecule has 0 aromatic heterocycles. The van der Waals surface area contributed by atoms with Crippen LogP contribution in [0.5, 0.6) is 0 Å². The Labute approximate surface area is 72.5 Å². The van der Waals surface area contributed by atoms with Gasteiger partial charge in [-0.25, -0.2) is 0 Å². The summed E-state index contributed by atoms with van der Waals surface area (Å²) in [5.41, 5.74) is -1.06. The molecule has 1 saturated carbocycles. The number of hydrogen-bond acceptors (Lipinski definition) is 3. The van der Waals surface area contributed by atoms with Crippen molar-refractivity contribution in [2.24, 2.45) is 10.6 Å². The summed E-state index contributed by atoms with van der Waals surface area (Å²) in [6, 6.07) is 0. The fourth-order valence-corrected chi connectivity index (χ4v) is 1.31. The van der Waals surface area contributed by atoms with Crippen molar-refractivity contribution in [1.82, 2.24) is 0 Å². The number of carbonyl (C=O) groups is 1. The molecule has 1 radical (unpaired) electrons. The molecule has 1 aliphatic rings. The maximum absolute atomic E-state index is 11.4. The van der Waals surface area contributed by atoms with Crippen LogP contribution in [0.4, 0.5) is 0 Å². The summed E-state index contributed by atoms with van der Waals surface area (Å²) >= 11 is 0. The molecule has 12 heavy (non-hydrogen) atoms. The molecular weight excluding hydrogens is 154 g/mol. The first kappa shape index (κ1) is 9.36. The number of carbonyl (C=O) groups excluding carboxylic acids is 1. The molecule has 3 heteroatoms. The standard InChI is InChI=1S/C9H14NO2/c1-8(2)4-5-9(3,10-12)6-7(8)11/h6H,4-5H2,1-3H3. The van der Waals surface area contributed by atoms with Gasteiger partial charge in [0, 0.05) is 5.41 Å². The Bertz CT molecular complexity index is 223. The predicted molar refractivity (Wildman–Crippen MR) is 46.5 cm³/mol. The molecule has 0 aromatic rings. The second kappa shape index (κ2) is 2.64. The minimum absolute atomic E-state index is 0.0378. The average Bonchev–Trinajstić information content (AvgIpc) is 1.99. The van der Waals surface area contributed by atoms with Gasteiger partial charge in [0.1, 0.15) is 11.3 Å². The van der Waals surface area contributed by atoms with Crippen molar-refractivity contribution < 1.29 is 4.79 Å². The number of nitroso groups, excluding NO2 is 1. The van der Waals surface area contributed by atoms with Gasteiger partial charge in [-0.15, -0.1) is 0 Å². The van der Waals surface area contributed by atoms with E-state index in [1.54, 1.807) is 6.92 Å². The highest BCUT2D eigenvalue weighted by atomic mass is 16.3. The van der Waals surface area contributed by atoms with Gasteiger partial charge in [0.05, 0.1) is 6.42 Å². The highest BCUT2D eigenvalue weighted by molar-refractivity contribution is 5.94. The number of ketones is 1. The van der Waals surface area contributed by atoms with Crippen LogP contribution in [0, 0.1) is 16.7 Å². The Morgan fingerprint density at radius 3 is 2.33 bits per heavy atom. The summed E-state index contributed by atoms with van der Waals surface area (Å²) in [6.45, 7) is 5.50. The number of rotatable bonds is 1. The Balaban J connectivity index is 2.77. The van der Waals surface area contributed by atoms with Crippen molar-refractivity contribution in [3.05, 3.63) is 11.3 Å². The Morgan fingerprint density at radius 1 is 1.33 bits per heavy atom. The first-order valence-electron chi connectivity index (χ1n) is 4.14. The number of nitrogens with zero attached hydrogens (tertiary/aromatic N) is 1. The van der Waals surface area contributed by atoms with Gasteiger partial charge in [-0.05, 0) is 19.8 Å². The van der Waals surface area contributed by atoms with Crippen LogP contribution in [-0.4, -0.2) is 11.3 Å². The lowest BCUT2D eigenvalue weighted by Gasteiger charge is -2.34. The minimum atomic E-state index is -0.757. The van der Waals surface area contributed by atoms with Crippen LogP contribution in [0.1, 0.15) is 33.6 Å². The first-order chi connectivity index (χ1) is 5.40. The van der Waals surface area contributed by atoms with Gasteiger partial charge in [0.2, 0.25) is 0 Å². The molecule has 1 aliphatic carbocycles. The fraction of sp³-hybridized carbons (Fsp3) is 0.778. The van der Waals surface area contributed by atoms with Crippen molar-refractivity contribution in [3.63, 3.8) is 0 Å². The van der Waals surface area contributed by atoms with Gasteiger partial charge in [0.25, 0.3) is 0 Å². The van der Waals surface area contributed by atoms with Crippen LogP contribution in [0.15, 0.2) is 5.18 Å². The highest BCUT2D eigenvalue weighted by Gasteiger charge is 2.42. The largest absolute Gasteiger partial charge is 0.299 e. The van der Waals surface area contributed by atoms with E-state index >= 15 is 0 Å². The minimum Gasteiger partial charge on any atom is -0.299 e. The highest BCUT2D eigenvalue weighted by Crippen LogP contribution is 2.38. The van der Waals surface area contributed by atoms with Crippen LogP contribution in [0.2, 0.25) is 0 Å². The normalized spacial score (nSPS) is 34.8. The molecule has 0 N–H and O–H groups in total. The molecule has 3 nitrogen and oxygen atoms in total. The van der Waals surface area contributed by atoms with Crippen molar-refractivity contribution in [2.75, 3.05) is 0 Å². The second-order valence-electron chi connectivity index (χ2n) is 4.34. The lowest BCUT2D eigenvalue weighted by atomic mass is 9.69. The second-order valence-corrected chi connectivity index (χ2v) is 4.34. The number of Topliss-reactive ketones (excluding diaryl/α,β-unsaturated/α-hetero) is 1. The molecule has 0 aromatic carbocycles. The van der Waals surface area contributed by atoms with Gasteiger partial charge in [-0.3, -0.25) is 4.79 Å². The predicted octanol–water partition coefficient (Wildman–Crippen LogP) is 2.10. The maximum Gasteiger partial charge on any atom is 0.144 e. The molecule has 1 fully saturated rings. The van der Waals surface area contributed by atoms with Gasteiger partial charge >= 0.3 is 0 Å². The third-order valence-electron chi connectivity index (χ3n) is 2.57. The zero-order chi connectivity index (χ0) is 9.41. The van der Waals surface area contributed by atoms with Crippen LogP contribution in [0.3, 0.4) is 0 Å². The van der Waals surface area contributed by atoms with E-state index in [0.29, 0.717) is 6.42 Å². The van der Waals surface area contributed by atoms with E-state index in [-0.39, 0.29) is 11.2 Å². The average molecular weight is 168 g/mol. The summed E-state index contributed by atoms with van der Waals surface area (Å²) in [7, 11) is 0. The summed E-state index contributed by atoms with van der Waals surface area (Å²) < 4.78 is 0. The van der Waals surface area contributed by atoms with Crippen LogP contribution in [0.25, 0.3) is 0 Å². The third kappa shape index (κ3) is 1.54. The SMILES string of the molecule is CC1(N=O)[CH]C(=O)C(C)(C)CC1. The summed E-state index contributed by atoms with van der Waals surface area (Å²) in [4.78, 5) is 21.8. The van der Waals surface area contributed by atoms with Crippen molar-refractivity contribution >= 4 is 5.78 Å². The van der Waals surface area contributed by atoms with Crippen molar-refractivity contribution in [1.29, 1.82) is 0 Å². The maximum atomic E-state index is 11.4. The quantitative estimate of drug-likeness (QED) is 0.563. The molecule has 1 rings (SSSR count). The van der Waals surface area contributed by atoms with Gasteiger partial charge in [-0.1, -0.05) is 19.0 Å². The zero-order valence-corrected chi connectivity index (χ0v) is 7.76.